The van der Waals surface area contributed by atoms with Crippen LogP contribution in [0.15, 0.2) is 40.9 Å². The summed E-state index contributed by atoms with van der Waals surface area (Å²) < 4.78 is 19.6. The normalized spacial score (nSPS) is 10.3. The van der Waals surface area contributed by atoms with E-state index in [2.05, 4.69) is 15.9 Å². The molecule has 6 heteroatoms. The van der Waals surface area contributed by atoms with E-state index < -0.39 is 10.7 Å². The molecule has 0 unspecified atom stereocenters. The molecule has 4 nitrogen and oxygen atoms in total. The van der Waals surface area contributed by atoms with Crippen molar-refractivity contribution in [3.8, 4) is 5.75 Å². The molecule has 0 bridgehead atoms. The fourth-order valence-corrected chi connectivity index (χ4v) is 2.11. The summed E-state index contributed by atoms with van der Waals surface area (Å²) in [6, 6.07) is 9.11. The number of nitrogens with zero attached hydrogens (tertiary/aromatic N) is 1. The summed E-state index contributed by atoms with van der Waals surface area (Å²) in [5, 5.41) is 10.8. The average Bonchev–Trinajstić information content (AvgIpc) is 2.41. The number of rotatable bonds is 4. The van der Waals surface area contributed by atoms with Gasteiger partial charge < -0.3 is 4.74 Å². The third kappa shape index (κ3) is 3.14. The fourth-order valence-electron chi connectivity index (χ4n) is 1.77. The Morgan fingerprint density at radius 1 is 1.35 bits per heavy atom. The zero-order valence-electron chi connectivity index (χ0n) is 10.6. The summed E-state index contributed by atoms with van der Waals surface area (Å²) in [6.45, 7) is 1.72. The minimum atomic E-state index is -0.476. The summed E-state index contributed by atoms with van der Waals surface area (Å²) in [5.41, 5.74) is 1.20. The van der Waals surface area contributed by atoms with Crippen molar-refractivity contribution >= 4 is 21.6 Å². The number of hydrogen-bond donors (Lipinski definition) is 0. The summed E-state index contributed by atoms with van der Waals surface area (Å²) >= 11 is 3.23. The van der Waals surface area contributed by atoms with E-state index in [0.29, 0.717) is 15.6 Å². The van der Waals surface area contributed by atoms with Crippen LogP contribution in [0.5, 0.6) is 5.75 Å². The van der Waals surface area contributed by atoms with E-state index in [1.807, 2.05) is 0 Å². The second-order valence-corrected chi connectivity index (χ2v) is 5.10. The first-order valence-electron chi connectivity index (χ1n) is 5.80. The van der Waals surface area contributed by atoms with E-state index in [1.165, 1.54) is 18.2 Å². The minimum Gasteiger partial charge on any atom is -0.486 e. The van der Waals surface area contributed by atoms with Crippen LogP contribution in [0.25, 0.3) is 0 Å². The van der Waals surface area contributed by atoms with E-state index >= 15 is 0 Å². The van der Waals surface area contributed by atoms with Gasteiger partial charge in [0, 0.05) is 16.1 Å². The average molecular weight is 340 g/mol. The highest BCUT2D eigenvalue weighted by molar-refractivity contribution is 9.10. The highest BCUT2D eigenvalue weighted by Crippen LogP contribution is 2.25. The molecule has 0 aliphatic heterocycles. The molecule has 0 saturated heterocycles. The lowest BCUT2D eigenvalue weighted by atomic mass is 10.1. The van der Waals surface area contributed by atoms with Crippen LogP contribution in [0.3, 0.4) is 0 Å². The Bertz CT molecular complexity index is 661. The lowest BCUT2D eigenvalue weighted by Crippen LogP contribution is -2.02. The van der Waals surface area contributed by atoms with Crippen molar-refractivity contribution in [2.24, 2.45) is 0 Å². The lowest BCUT2D eigenvalue weighted by molar-refractivity contribution is -0.385. The second kappa shape index (κ2) is 6.00. The van der Waals surface area contributed by atoms with Gasteiger partial charge in [-0.15, -0.1) is 0 Å². The largest absolute Gasteiger partial charge is 0.486 e. The predicted molar refractivity (Wildman–Crippen MR) is 76.3 cm³/mol. The van der Waals surface area contributed by atoms with Gasteiger partial charge in [-0.2, -0.15) is 0 Å². The third-order valence-corrected chi connectivity index (χ3v) is 3.38. The molecule has 0 heterocycles. The van der Waals surface area contributed by atoms with Gasteiger partial charge in [0.15, 0.2) is 11.6 Å². The molecule has 0 aliphatic carbocycles. The highest BCUT2D eigenvalue weighted by Gasteiger charge is 2.14. The van der Waals surface area contributed by atoms with E-state index in [-0.39, 0.29) is 18.0 Å². The predicted octanol–water partition coefficient (Wildman–Crippen LogP) is 4.38. The molecule has 20 heavy (non-hydrogen) atoms. The molecule has 0 saturated carbocycles. The molecule has 2 aromatic rings. The lowest BCUT2D eigenvalue weighted by Gasteiger charge is -2.10. The van der Waals surface area contributed by atoms with Gasteiger partial charge in [-0.3, -0.25) is 10.1 Å². The molecular weight excluding hydrogens is 329 g/mol. The van der Waals surface area contributed by atoms with Gasteiger partial charge >= 0.3 is 0 Å². The zero-order valence-corrected chi connectivity index (χ0v) is 12.2. The van der Waals surface area contributed by atoms with Crippen molar-refractivity contribution in [3.05, 3.63) is 67.9 Å². The number of hydrogen-bond acceptors (Lipinski definition) is 3. The topological polar surface area (TPSA) is 52.4 Å². The van der Waals surface area contributed by atoms with Gasteiger partial charge in [-0.05, 0) is 30.7 Å². The summed E-state index contributed by atoms with van der Waals surface area (Å²) in [4.78, 5) is 10.4. The molecule has 0 spiro atoms. The molecule has 0 aliphatic rings. The van der Waals surface area contributed by atoms with Gasteiger partial charge in [0.2, 0.25) is 0 Å². The Labute approximate surface area is 123 Å². The molecule has 104 valence electrons. The van der Waals surface area contributed by atoms with E-state index in [4.69, 9.17) is 4.74 Å². The monoisotopic (exact) mass is 339 g/mol. The fraction of sp³-hybridized carbons (Fsp3) is 0.143. The standard InChI is InChI=1S/C14H11BrFNO3/c1-9-10(3-2-4-13(9)17(18)19)8-20-14-7-11(15)5-6-12(14)16/h2-7H,8H2,1H3. The number of nitro groups is 1. The quantitative estimate of drug-likeness (QED) is 0.613. The summed E-state index contributed by atoms with van der Waals surface area (Å²) in [7, 11) is 0. The van der Waals surface area contributed by atoms with E-state index in [1.54, 1.807) is 25.1 Å². The SMILES string of the molecule is Cc1c(COc2cc(Br)ccc2F)cccc1[N+](=O)[O-]. The second-order valence-electron chi connectivity index (χ2n) is 4.18. The van der Waals surface area contributed by atoms with Gasteiger partial charge in [0.05, 0.1) is 4.92 Å². The molecule has 2 rings (SSSR count). The molecule has 0 N–H and O–H groups in total. The Morgan fingerprint density at radius 2 is 2.10 bits per heavy atom. The first kappa shape index (κ1) is 14.5. The molecular formula is C14H11BrFNO3. The van der Waals surface area contributed by atoms with Gasteiger partial charge in [0.25, 0.3) is 5.69 Å². The summed E-state index contributed by atoms with van der Waals surface area (Å²) in [5.74, 6) is -0.374. The zero-order chi connectivity index (χ0) is 14.7. The maximum absolute atomic E-state index is 13.5. The van der Waals surface area contributed by atoms with Gasteiger partial charge in [-0.25, -0.2) is 4.39 Å². The Balaban J connectivity index is 2.21. The van der Waals surface area contributed by atoms with Crippen LogP contribution in [0.4, 0.5) is 10.1 Å². The first-order chi connectivity index (χ1) is 9.49. The van der Waals surface area contributed by atoms with Crippen LogP contribution in [0.1, 0.15) is 11.1 Å². The maximum atomic E-state index is 13.5. The van der Waals surface area contributed by atoms with Crippen LogP contribution in [0.2, 0.25) is 0 Å². The third-order valence-electron chi connectivity index (χ3n) is 2.89. The van der Waals surface area contributed by atoms with Crippen LogP contribution >= 0.6 is 15.9 Å². The molecule has 0 radical (unpaired) electrons. The smallest absolute Gasteiger partial charge is 0.272 e. The van der Waals surface area contributed by atoms with Crippen LogP contribution in [-0.4, -0.2) is 4.92 Å². The Kier molecular flexibility index (Phi) is 4.34. The minimum absolute atomic E-state index is 0.0285. The van der Waals surface area contributed by atoms with Crippen molar-refractivity contribution in [3.63, 3.8) is 0 Å². The van der Waals surface area contributed by atoms with E-state index in [0.717, 1.165) is 0 Å². The van der Waals surface area contributed by atoms with Gasteiger partial charge in [0.1, 0.15) is 6.61 Å². The summed E-state index contributed by atoms with van der Waals surface area (Å²) in [6.07, 6.45) is 0. The first-order valence-corrected chi connectivity index (χ1v) is 6.59. The molecule has 0 fully saturated rings. The number of ether oxygens (including phenoxy) is 1. The van der Waals surface area contributed by atoms with Crippen LogP contribution < -0.4 is 4.74 Å². The van der Waals surface area contributed by atoms with Gasteiger partial charge in [-0.1, -0.05) is 28.1 Å². The Hall–Kier alpha value is -1.95. The molecule has 0 aromatic heterocycles. The van der Waals surface area contributed by atoms with Crippen molar-refractivity contribution in [2.75, 3.05) is 0 Å². The number of benzene rings is 2. The van der Waals surface area contributed by atoms with Crippen molar-refractivity contribution in [1.29, 1.82) is 0 Å². The molecule has 0 atom stereocenters. The Morgan fingerprint density at radius 3 is 2.80 bits per heavy atom. The van der Waals surface area contributed by atoms with E-state index in [9.17, 15) is 14.5 Å². The van der Waals surface area contributed by atoms with Crippen LogP contribution in [0, 0.1) is 22.9 Å². The molecule has 0 amide bonds. The van der Waals surface area contributed by atoms with Crippen molar-refractivity contribution < 1.29 is 14.1 Å². The van der Waals surface area contributed by atoms with Crippen LogP contribution in [-0.2, 0) is 6.61 Å². The molecule has 2 aromatic carbocycles. The number of nitro benzene ring substituents is 1. The van der Waals surface area contributed by atoms with Crippen molar-refractivity contribution in [1.82, 2.24) is 0 Å². The maximum Gasteiger partial charge on any atom is 0.272 e. The number of halogens is 2. The highest BCUT2D eigenvalue weighted by atomic mass is 79.9. The van der Waals surface area contributed by atoms with Crippen molar-refractivity contribution in [2.45, 2.75) is 13.5 Å².